The molecular formula is C34H40N2O8. The number of hydrogen-bond donors (Lipinski definition) is 2. The highest BCUT2D eigenvalue weighted by Gasteiger charge is 2.43. The van der Waals surface area contributed by atoms with Crippen molar-refractivity contribution in [2.75, 3.05) is 52.0 Å². The van der Waals surface area contributed by atoms with Gasteiger partial charge in [-0.05, 0) is 53.8 Å². The van der Waals surface area contributed by atoms with E-state index >= 15 is 0 Å². The molecule has 1 saturated heterocycles. The van der Waals surface area contributed by atoms with Gasteiger partial charge in [0.15, 0.2) is 6.61 Å². The highest BCUT2D eigenvalue weighted by molar-refractivity contribution is 5.97. The molecule has 44 heavy (non-hydrogen) atoms. The average Bonchev–Trinajstić information content (AvgIpc) is 3.04. The Morgan fingerprint density at radius 2 is 1.80 bits per heavy atom. The predicted octanol–water partition coefficient (Wildman–Crippen LogP) is 4.34. The first-order valence-electron chi connectivity index (χ1n) is 14.9. The van der Waals surface area contributed by atoms with Gasteiger partial charge in [-0.2, -0.15) is 0 Å². The van der Waals surface area contributed by atoms with Crippen LogP contribution in [0.5, 0.6) is 11.5 Å². The number of piperidine rings is 1. The molecule has 0 spiro atoms. The highest BCUT2D eigenvalue weighted by atomic mass is 16.5. The van der Waals surface area contributed by atoms with Gasteiger partial charge in [0.05, 0.1) is 38.2 Å². The van der Waals surface area contributed by atoms with Gasteiger partial charge in [0.1, 0.15) is 11.5 Å². The summed E-state index contributed by atoms with van der Waals surface area (Å²) in [7, 11) is 3.24. The number of aliphatic hydroxyl groups is 1. The molecule has 3 aromatic carbocycles. The van der Waals surface area contributed by atoms with E-state index in [9.17, 15) is 19.8 Å². The maximum atomic E-state index is 12.7. The van der Waals surface area contributed by atoms with Crippen molar-refractivity contribution < 1.29 is 38.7 Å². The van der Waals surface area contributed by atoms with Crippen LogP contribution < -0.4 is 14.4 Å². The standard InChI is InChI=1S/C34H40N2O8/c1-41-16-6-15-36-28-17-24(9-14-30(28)44-22-32(36)38)21-43-31-20-35(34(39)40)19-27(29(37)18-23-7-4-3-5-8-23)33(31)25-10-12-26(42-2)13-11-25/h3-5,7-14,17,27,29,31,33,37H,6,15-16,18-22H2,1-2H3,(H,39,40)/t27-,29?,31-,33-/m0/s1. The first-order chi connectivity index (χ1) is 21.4. The van der Waals surface area contributed by atoms with Gasteiger partial charge in [0.25, 0.3) is 5.91 Å². The predicted molar refractivity (Wildman–Crippen MR) is 164 cm³/mol. The summed E-state index contributed by atoms with van der Waals surface area (Å²) in [6, 6.07) is 23.0. The van der Waals surface area contributed by atoms with Gasteiger partial charge in [-0.3, -0.25) is 4.79 Å². The molecule has 2 N–H and O–H groups in total. The van der Waals surface area contributed by atoms with Crippen LogP contribution in [0, 0.1) is 5.92 Å². The molecule has 2 amide bonds. The first-order valence-corrected chi connectivity index (χ1v) is 14.9. The fourth-order valence-electron chi connectivity index (χ4n) is 6.17. The molecule has 0 aliphatic carbocycles. The number of carbonyl (C=O) groups excluding carboxylic acids is 1. The largest absolute Gasteiger partial charge is 0.497 e. The van der Waals surface area contributed by atoms with Gasteiger partial charge < -0.3 is 39.0 Å². The molecule has 10 heteroatoms. The van der Waals surface area contributed by atoms with Crippen molar-refractivity contribution in [3.05, 3.63) is 89.5 Å². The molecule has 1 fully saturated rings. The fourth-order valence-corrected chi connectivity index (χ4v) is 6.17. The molecule has 10 nitrogen and oxygen atoms in total. The number of carbonyl (C=O) groups is 2. The van der Waals surface area contributed by atoms with E-state index in [4.69, 9.17) is 18.9 Å². The number of fused-ring (bicyclic) bond motifs is 1. The second-order valence-electron chi connectivity index (χ2n) is 11.2. The molecule has 1 unspecified atom stereocenters. The zero-order chi connectivity index (χ0) is 31.1. The number of benzene rings is 3. The zero-order valence-corrected chi connectivity index (χ0v) is 25.1. The molecule has 0 saturated carbocycles. The van der Waals surface area contributed by atoms with E-state index in [1.807, 2.05) is 72.8 Å². The van der Waals surface area contributed by atoms with E-state index < -0.39 is 24.2 Å². The average molecular weight is 605 g/mol. The Bertz CT molecular complexity index is 1400. The topological polar surface area (TPSA) is 118 Å². The summed E-state index contributed by atoms with van der Waals surface area (Å²) in [4.78, 5) is 28.0. The van der Waals surface area contributed by atoms with Crippen molar-refractivity contribution in [1.82, 2.24) is 4.90 Å². The normalized spacial score (nSPS) is 20.5. The van der Waals surface area contributed by atoms with E-state index in [0.717, 1.165) is 16.7 Å². The van der Waals surface area contributed by atoms with E-state index in [2.05, 4.69) is 0 Å². The Labute approximate surface area is 257 Å². The SMILES string of the molecule is COCCCN1C(=O)COc2ccc(CO[C@H]3CN(C(=O)O)C[C@@H](C(O)Cc4ccccc4)[C@@H]3c3ccc(OC)cc3)cc21. The number of ether oxygens (including phenoxy) is 4. The number of methoxy groups -OCH3 is 2. The zero-order valence-electron chi connectivity index (χ0n) is 25.1. The van der Waals surface area contributed by atoms with Crippen LogP contribution in [0.2, 0.25) is 0 Å². The molecule has 0 radical (unpaired) electrons. The second-order valence-corrected chi connectivity index (χ2v) is 11.2. The van der Waals surface area contributed by atoms with Crippen LogP contribution in [0.4, 0.5) is 10.5 Å². The van der Waals surface area contributed by atoms with Gasteiger partial charge in [-0.15, -0.1) is 0 Å². The van der Waals surface area contributed by atoms with Gasteiger partial charge >= 0.3 is 6.09 Å². The van der Waals surface area contributed by atoms with E-state index in [1.54, 1.807) is 19.1 Å². The summed E-state index contributed by atoms with van der Waals surface area (Å²) in [6.07, 6.45) is -1.34. The van der Waals surface area contributed by atoms with Crippen molar-refractivity contribution in [1.29, 1.82) is 0 Å². The lowest BCUT2D eigenvalue weighted by atomic mass is 9.74. The molecule has 2 aliphatic heterocycles. The third-order valence-electron chi connectivity index (χ3n) is 8.41. The highest BCUT2D eigenvalue weighted by Crippen LogP contribution is 2.40. The number of amides is 2. The molecular weight excluding hydrogens is 564 g/mol. The minimum atomic E-state index is -1.06. The third kappa shape index (κ3) is 7.32. The Morgan fingerprint density at radius 1 is 1.02 bits per heavy atom. The van der Waals surface area contributed by atoms with E-state index in [1.165, 1.54) is 4.90 Å². The summed E-state index contributed by atoms with van der Waals surface area (Å²) >= 11 is 0. The van der Waals surface area contributed by atoms with Crippen molar-refractivity contribution in [3.63, 3.8) is 0 Å². The number of nitrogens with zero attached hydrogens (tertiary/aromatic N) is 2. The van der Waals surface area contributed by atoms with Crippen LogP contribution in [0.1, 0.15) is 29.0 Å². The Hall–Kier alpha value is -4.12. The Balaban J connectivity index is 1.42. The summed E-state index contributed by atoms with van der Waals surface area (Å²) in [5.41, 5.74) is 3.41. The first kappa shape index (κ1) is 31.3. The van der Waals surface area contributed by atoms with Crippen LogP contribution in [0.25, 0.3) is 0 Å². The monoisotopic (exact) mass is 604 g/mol. The third-order valence-corrected chi connectivity index (χ3v) is 8.41. The molecule has 0 bridgehead atoms. The second kappa shape index (κ2) is 14.6. The van der Waals surface area contributed by atoms with Crippen molar-refractivity contribution in [3.8, 4) is 11.5 Å². The van der Waals surface area contributed by atoms with Crippen LogP contribution >= 0.6 is 0 Å². The van der Waals surface area contributed by atoms with Gasteiger partial charge in [-0.25, -0.2) is 4.79 Å². The molecule has 0 aromatic heterocycles. The summed E-state index contributed by atoms with van der Waals surface area (Å²) in [6.45, 7) is 1.53. The molecule has 5 rings (SSSR count). The Morgan fingerprint density at radius 3 is 2.50 bits per heavy atom. The Kier molecular flexibility index (Phi) is 10.4. The van der Waals surface area contributed by atoms with E-state index in [0.29, 0.717) is 43.2 Å². The lowest BCUT2D eigenvalue weighted by molar-refractivity contribution is -0.121. The van der Waals surface area contributed by atoms with Gasteiger partial charge in [0, 0.05) is 38.6 Å². The molecule has 4 atom stereocenters. The van der Waals surface area contributed by atoms with Gasteiger partial charge in [0.2, 0.25) is 0 Å². The quantitative estimate of drug-likeness (QED) is 0.293. The van der Waals surface area contributed by atoms with Crippen LogP contribution in [0.15, 0.2) is 72.8 Å². The van der Waals surface area contributed by atoms with Crippen LogP contribution in [0.3, 0.4) is 0 Å². The minimum Gasteiger partial charge on any atom is -0.497 e. The number of aliphatic hydroxyl groups excluding tert-OH is 1. The summed E-state index contributed by atoms with van der Waals surface area (Å²) < 4.78 is 22.8. The lowest BCUT2D eigenvalue weighted by Gasteiger charge is -2.44. The summed E-state index contributed by atoms with van der Waals surface area (Å²) in [5, 5.41) is 21.6. The molecule has 2 aliphatic rings. The van der Waals surface area contributed by atoms with Gasteiger partial charge in [-0.1, -0.05) is 48.5 Å². The maximum Gasteiger partial charge on any atom is 0.407 e. The van der Waals surface area contributed by atoms with E-state index in [-0.39, 0.29) is 38.1 Å². The van der Waals surface area contributed by atoms with Crippen molar-refractivity contribution in [2.45, 2.75) is 37.6 Å². The maximum absolute atomic E-state index is 12.7. The lowest BCUT2D eigenvalue weighted by Crippen LogP contribution is -2.54. The number of likely N-dealkylation sites (tertiary alicyclic amines) is 1. The number of carboxylic acid groups (broad SMARTS) is 1. The number of anilines is 1. The smallest absolute Gasteiger partial charge is 0.407 e. The van der Waals surface area contributed by atoms with Crippen LogP contribution in [-0.4, -0.2) is 86.4 Å². The number of hydrogen-bond acceptors (Lipinski definition) is 7. The van der Waals surface area contributed by atoms with Crippen molar-refractivity contribution >= 4 is 17.7 Å². The molecule has 2 heterocycles. The van der Waals surface area contributed by atoms with Crippen molar-refractivity contribution in [2.24, 2.45) is 5.92 Å². The molecule has 3 aromatic rings. The van der Waals surface area contributed by atoms with Crippen LogP contribution in [-0.2, 0) is 27.3 Å². The summed E-state index contributed by atoms with van der Waals surface area (Å²) in [5.74, 6) is 0.496. The fraction of sp³-hybridized carbons (Fsp3) is 0.412. The number of rotatable bonds is 12. The minimum absolute atomic E-state index is 0.0147. The molecule has 234 valence electrons.